The lowest BCUT2D eigenvalue weighted by atomic mass is 10.0. The van der Waals surface area contributed by atoms with Crippen molar-refractivity contribution in [2.45, 2.75) is 29.1 Å². The zero-order valence-electron chi connectivity index (χ0n) is 14.9. The maximum Gasteiger partial charge on any atom is 0.352 e. The number of amides is 2. The largest absolute Gasteiger partial charge is 0.477 e. The molecule has 4 rings (SSSR count). The Morgan fingerprint density at radius 3 is 2.86 bits per heavy atom. The number of carboxylic acids is 1. The Morgan fingerprint density at radius 2 is 2.21 bits per heavy atom. The van der Waals surface area contributed by atoms with Gasteiger partial charge in [0.1, 0.15) is 22.1 Å². The lowest BCUT2D eigenvalue weighted by molar-refractivity contribution is -0.150. The maximum absolute atomic E-state index is 12.6. The highest BCUT2D eigenvalue weighted by molar-refractivity contribution is 8.01. The van der Waals surface area contributed by atoms with Gasteiger partial charge in [-0.05, 0) is 22.9 Å². The fraction of sp³-hybridized carbons (Fsp3) is 0.429. The molecule has 4 heterocycles. The molecule has 3 N–H and O–H groups in total. The standard InChI is InChI=1S/C14H14N8O4S3/c1-5-16-19-14(29-5)28-4-6-3-27-12-9(11(24)22(12)10(6)13(25)26)15-8(23)2-7-17-20-21-18-7/h9,12H,2-4H2,1H3,(H,15,23)(H,25,26)(H,17,18,20,21)/t9?,12-/m0/s1. The molecule has 1 fully saturated rings. The number of nitrogens with one attached hydrogen (secondary N) is 2. The molecule has 1 saturated heterocycles. The number of carbonyl (C=O) groups excluding carboxylic acids is 2. The average molecular weight is 455 g/mol. The van der Waals surface area contributed by atoms with Crippen LogP contribution in [0.15, 0.2) is 15.6 Å². The Morgan fingerprint density at radius 1 is 1.38 bits per heavy atom. The third-order valence-electron chi connectivity index (χ3n) is 4.16. The van der Waals surface area contributed by atoms with Crippen LogP contribution in [-0.4, -0.2) is 81.5 Å². The molecule has 152 valence electrons. The number of aromatic amines is 1. The third-order valence-corrected chi connectivity index (χ3v) is 7.56. The van der Waals surface area contributed by atoms with Crippen molar-refractivity contribution < 1.29 is 19.5 Å². The van der Waals surface area contributed by atoms with Crippen LogP contribution >= 0.6 is 34.9 Å². The van der Waals surface area contributed by atoms with Gasteiger partial charge in [-0.15, -0.1) is 27.1 Å². The van der Waals surface area contributed by atoms with Crippen LogP contribution in [0.2, 0.25) is 0 Å². The van der Waals surface area contributed by atoms with Crippen LogP contribution in [-0.2, 0) is 20.8 Å². The number of rotatable bonds is 7. The zero-order valence-corrected chi connectivity index (χ0v) is 17.3. The number of hydrogen-bond acceptors (Lipinski definition) is 11. The van der Waals surface area contributed by atoms with Crippen LogP contribution in [0.4, 0.5) is 0 Å². The molecule has 2 amide bonds. The summed E-state index contributed by atoms with van der Waals surface area (Å²) in [6, 6.07) is -0.780. The molecule has 0 aromatic carbocycles. The van der Waals surface area contributed by atoms with E-state index in [1.807, 2.05) is 6.92 Å². The molecule has 2 atom stereocenters. The molecular formula is C14H14N8O4S3. The van der Waals surface area contributed by atoms with Crippen LogP contribution in [0.3, 0.4) is 0 Å². The topological polar surface area (TPSA) is 167 Å². The van der Waals surface area contributed by atoms with E-state index in [0.29, 0.717) is 17.1 Å². The Kier molecular flexibility index (Phi) is 5.51. The molecule has 0 radical (unpaired) electrons. The summed E-state index contributed by atoms with van der Waals surface area (Å²) in [6.07, 6.45) is -0.0983. The van der Waals surface area contributed by atoms with Crippen molar-refractivity contribution in [1.29, 1.82) is 0 Å². The van der Waals surface area contributed by atoms with Gasteiger partial charge in [0.15, 0.2) is 10.2 Å². The number of carbonyl (C=O) groups is 3. The van der Waals surface area contributed by atoms with Gasteiger partial charge < -0.3 is 10.4 Å². The van der Waals surface area contributed by atoms with E-state index in [-0.39, 0.29) is 17.9 Å². The van der Waals surface area contributed by atoms with Crippen LogP contribution < -0.4 is 5.32 Å². The number of hydrogen-bond donors (Lipinski definition) is 3. The molecule has 12 nitrogen and oxygen atoms in total. The third kappa shape index (κ3) is 3.97. The maximum atomic E-state index is 12.6. The predicted octanol–water partition coefficient (Wildman–Crippen LogP) is -0.567. The minimum absolute atomic E-state index is 0.0163. The predicted molar refractivity (Wildman–Crippen MR) is 103 cm³/mol. The number of aliphatic carboxylic acids is 1. The van der Waals surface area contributed by atoms with Crippen molar-refractivity contribution in [3.8, 4) is 0 Å². The minimum Gasteiger partial charge on any atom is -0.477 e. The fourth-order valence-electron chi connectivity index (χ4n) is 2.91. The van der Waals surface area contributed by atoms with Gasteiger partial charge >= 0.3 is 5.97 Å². The van der Waals surface area contributed by atoms with E-state index >= 15 is 0 Å². The normalized spacial score (nSPS) is 21.0. The van der Waals surface area contributed by atoms with E-state index in [2.05, 4.69) is 36.1 Å². The van der Waals surface area contributed by atoms with E-state index in [1.54, 1.807) is 0 Å². The van der Waals surface area contributed by atoms with Gasteiger partial charge in [-0.2, -0.15) is 0 Å². The highest BCUT2D eigenvalue weighted by Crippen LogP contribution is 2.41. The lowest BCUT2D eigenvalue weighted by Crippen LogP contribution is -2.70. The molecule has 1 unspecified atom stereocenters. The molecule has 0 bridgehead atoms. The van der Waals surface area contributed by atoms with Crippen molar-refractivity contribution >= 4 is 52.6 Å². The summed E-state index contributed by atoms with van der Waals surface area (Å²) in [7, 11) is 0. The lowest BCUT2D eigenvalue weighted by Gasteiger charge is -2.49. The van der Waals surface area contributed by atoms with Gasteiger partial charge in [0.25, 0.3) is 5.91 Å². The first-order chi connectivity index (χ1) is 13.9. The number of nitrogens with zero attached hydrogens (tertiary/aromatic N) is 6. The number of aryl methyl sites for hydroxylation is 1. The first kappa shape index (κ1) is 19.8. The number of fused-ring (bicyclic) bond motifs is 1. The van der Waals surface area contributed by atoms with Gasteiger partial charge in [-0.1, -0.05) is 23.1 Å². The average Bonchev–Trinajstić information content (AvgIpc) is 3.35. The van der Waals surface area contributed by atoms with E-state index < -0.39 is 29.2 Å². The summed E-state index contributed by atoms with van der Waals surface area (Å²) in [4.78, 5) is 37.8. The van der Waals surface area contributed by atoms with E-state index in [9.17, 15) is 19.5 Å². The SMILES string of the molecule is Cc1nnc(SCC2=C(C(=O)O)N3C(=O)C(NC(=O)Cc4nnn[nH]4)[C@@H]3SC2)s1. The van der Waals surface area contributed by atoms with Crippen molar-refractivity contribution in [1.82, 2.24) is 41.0 Å². The summed E-state index contributed by atoms with van der Waals surface area (Å²) in [5.41, 5.74) is 0.625. The van der Waals surface area contributed by atoms with Crippen LogP contribution in [0.25, 0.3) is 0 Å². The highest BCUT2D eigenvalue weighted by Gasteiger charge is 2.54. The van der Waals surface area contributed by atoms with Crippen LogP contribution in [0.1, 0.15) is 10.8 Å². The monoisotopic (exact) mass is 454 g/mol. The van der Waals surface area contributed by atoms with E-state index in [1.165, 1.54) is 39.8 Å². The Labute approximate surface area is 175 Å². The van der Waals surface area contributed by atoms with Crippen LogP contribution in [0, 0.1) is 6.92 Å². The number of tetrazole rings is 1. The molecule has 0 spiro atoms. The molecule has 2 aromatic heterocycles. The second-order valence-electron chi connectivity index (χ2n) is 6.11. The molecule has 29 heavy (non-hydrogen) atoms. The highest BCUT2D eigenvalue weighted by atomic mass is 32.2. The van der Waals surface area contributed by atoms with Gasteiger partial charge in [0.2, 0.25) is 5.91 Å². The summed E-state index contributed by atoms with van der Waals surface area (Å²) < 4.78 is 0.744. The van der Waals surface area contributed by atoms with Crippen molar-refractivity contribution in [3.63, 3.8) is 0 Å². The van der Waals surface area contributed by atoms with Crippen molar-refractivity contribution in [2.24, 2.45) is 0 Å². The van der Waals surface area contributed by atoms with E-state index in [4.69, 9.17) is 0 Å². The minimum atomic E-state index is -1.16. The first-order valence-electron chi connectivity index (χ1n) is 8.29. The molecule has 2 aliphatic heterocycles. The van der Waals surface area contributed by atoms with Crippen LogP contribution in [0.5, 0.6) is 0 Å². The molecular weight excluding hydrogens is 440 g/mol. The Balaban J connectivity index is 1.44. The molecule has 0 aliphatic carbocycles. The quantitative estimate of drug-likeness (QED) is 0.362. The molecule has 15 heteroatoms. The number of aromatic nitrogens is 6. The summed E-state index contributed by atoms with van der Waals surface area (Å²) in [5.74, 6) is -0.909. The molecule has 2 aromatic rings. The number of H-pyrrole nitrogens is 1. The first-order valence-corrected chi connectivity index (χ1v) is 11.1. The Bertz CT molecular complexity index is 991. The van der Waals surface area contributed by atoms with Crippen molar-refractivity contribution in [3.05, 3.63) is 22.1 Å². The number of thioether (sulfide) groups is 2. The molecule has 2 aliphatic rings. The van der Waals surface area contributed by atoms with Gasteiger partial charge in [0.05, 0.1) is 6.42 Å². The Hall–Kier alpha value is -2.52. The summed E-state index contributed by atoms with van der Waals surface area (Å²) in [5, 5.41) is 33.5. The van der Waals surface area contributed by atoms with E-state index in [0.717, 1.165) is 9.35 Å². The van der Waals surface area contributed by atoms with Gasteiger partial charge in [-0.25, -0.2) is 9.89 Å². The smallest absolute Gasteiger partial charge is 0.352 e. The number of β-lactam (4-membered cyclic amide) rings is 1. The molecule has 0 saturated carbocycles. The second-order valence-corrected chi connectivity index (χ2v) is 9.62. The zero-order chi connectivity index (χ0) is 20.5. The fourth-order valence-corrected chi connectivity index (χ4v) is 6.21. The van der Waals surface area contributed by atoms with Gasteiger partial charge in [0, 0.05) is 11.5 Å². The summed E-state index contributed by atoms with van der Waals surface area (Å²) in [6.45, 7) is 1.84. The number of carboxylic acid groups (broad SMARTS) is 1. The van der Waals surface area contributed by atoms with Gasteiger partial charge in [-0.3, -0.25) is 14.5 Å². The van der Waals surface area contributed by atoms with Crippen molar-refractivity contribution in [2.75, 3.05) is 11.5 Å². The summed E-state index contributed by atoms with van der Waals surface area (Å²) >= 11 is 4.24. The second kappa shape index (κ2) is 8.08.